The van der Waals surface area contributed by atoms with E-state index in [0.29, 0.717) is 12.5 Å². The Labute approximate surface area is 198 Å². The molecule has 3 aromatic rings. The third-order valence-electron chi connectivity index (χ3n) is 6.35. The van der Waals surface area contributed by atoms with E-state index in [1.807, 2.05) is 0 Å². The number of halogens is 4. The van der Waals surface area contributed by atoms with Gasteiger partial charge in [-0.3, -0.25) is 4.79 Å². The van der Waals surface area contributed by atoms with Gasteiger partial charge in [0.2, 0.25) is 5.88 Å². The van der Waals surface area contributed by atoms with E-state index in [0.717, 1.165) is 29.7 Å². The Morgan fingerprint density at radius 1 is 1.14 bits per heavy atom. The Morgan fingerprint density at radius 3 is 2.71 bits per heavy atom. The Bertz CT molecular complexity index is 1280. The summed E-state index contributed by atoms with van der Waals surface area (Å²) in [5, 5.41) is 0. The Balaban J connectivity index is 1.26. The zero-order valence-corrected chi connectivity index (χ0v) is 18.6. The van der Waals surface area contributed by atoms with Crippen LogP contribution in [0.25, 0.3) is 0 Å². The second kappa shape index (κ2) is 8.87. The summed E-state index contributed by atoms with van der Waals surface area (Å²) in [4.78, 5) is 16.3. The highest BCUT2D eigenvalue weighted by Crippen LogP contribution is 2.61. The van der Waals surface area contributed by atoms with Crippen LogP contribution in [0.5, 0.6) is 17.4 Å². The van der Waals surface area contributed by atoms with Gasteiger partial charge in [0.25, 0.3) is 0 Å². The summed E-state index contributed by atoms with van der Waals surface area (Å²) in [7, 11) is 0. The van der Waals surface area contributed by atoms with Crippen molar-refractivity contribution in [1.82, 2.24) is 4.98 Å². The van der Waals surface area contributed by atoms with Crippen molar-refractivity contribution < 1.29 is 36.6 Å². The van der Waals surface area contributed by atoms with Crippen molar-refractivity contribution in [3.63, 3.8) is 0 Å². The number of fused-ring (bicyclic) bond motifs is 3. The van der Waals surface area contributed by atoms with Gasteiger partial charge in [0, 0.05) is 23.7 Å². The van der Waals surface area contributed by atoms with Crippen LogP contribution < -0.4 is 9.47 Å². The summed E-state index contributed by atoms with van der Waals surface area (Å²) in [6.07, 6.45) is -2.18. The van der Waals surface area contributed by atoms with E-state index in [1.54, 1.807) is 19.2 Å². The topological polar surface area (TPSA) is 57.7 Å². The second-order valence-corrected chi connectivity index (χ2v) is 8.53. The Morgan fingerprint density at radius 2 is 1.94 bits per heavy atom. The van der Waals surface area contributed by atoms with Gasteiger partial charge >= 0.3 is 12.1 Å². The van der Waals surface area contributed by atoms with Crippen molar-refractivity contribution in [2.24, 2.45) is 11.8 Å². The summed E-state index contributed by atoms with van der Waals surface area (Å²) in [5.74, 6) is -0.568. The van der Waals surface area contributed by atoms with Crippen LogP contribution in [0.1, 0.15) is 35.1 Å². The van der Waals surface area contributed by atoms with Crippen molar-refractivity contribution in [2.45, 2.75) is 32.0 Å². The number of benzene rings is 2. The predicted molar refractivity (Wildman–Crippen MR) is 117 cm³/mol. The van der Waals surface area contributed by atoms with E-state index >= 15 is 0 Å². The van der Waals surface area contributed by atoms with E-state index in [1.165, 1.54) is 30.3 Å². The molecule has 1 fully saturated rings. The van der Waals surface area contributed by atoms with Gasteiger partial charge in [0.05, 0.1) is 18.1 Å². The van der Waals surface area contributed by atoms with Crippen LogP contribution in [0.3, 0.4) is 0 Å². The molecule has 5 nitrogen and oxygen atoms in total. The fourth-order valence-electron chi connectivity index (χ4n) is 4.70. The molecule has 0 bridgehead atoms. The molecular weight excluding hydrogens is 466 g/mol. The van der Waals surface area contributed by atoms with Gasteiger partial charge in [0.1, 0.15) is 23.9 Å². The maximum absolute atomic E-state index is 14.4. The molecule has 0 radical (unpaired) electrons. The highest BCUT2D eigenvalue weighted by atomic mass is 19.4. The van der Waals surface area contributed by atoms with Gasteiger partial charge in [-0.1, -0.05) is 12.1 Å². The maximum Gasteiger partial charge on any atom is 0.419 e. The first-order valence-electron chi connectivity index (χ1n) is 11.2. The van der Waals surface area contributed by atoms with E-state index in [4.69, 9.17) is 14.2 Å². The molecule has 0 amide bonds. The lowest BCUT2D eigenvalue weighted by atomic mass is 10.0. The minimum absolute atomic E-state index is 0.0497. The summed E-state index contributed by atoms with van der Waals surface area (Å²) in [5.41, 5.74) is 1.23. The molecule has 182 valence electrons. The molecular formula is C26H21F4NO4. The van der Waals surface area contributed by atoms with E-state index in [-0.39, 0.29) is 47.4 Å². The molecule has 1 saturated carbocycles. The SMILES string of the molecule is CCOC(=O)[C@H]1[C@@H]2Cc3cc(OCc4cc(Oc5ccccc5C(F)(F)F)ccc4F)ncc3[C@@H]21. The molecule has 0 saturated heterocycles. The predicted octanol–water partition coefficient (Wildman–Crippen LogP) is 6.06. The van der Waals surface area contributed by atoms with Crippen LogP contribution in [0, 0.1) is 17.7 Å². The molecule has 5 rings (SSSR count). The van der Waals surface area contributed by atoms with Gasteiger partial charge in [-0.05, 0) is 60.7 Å². The fraction of sp³-hybridized carbons (Fsp3) is 0.308. The first-order chi connectivity index (χ1) is 16.8. The zero-order chi connectivity index (χ0) is 24.7. The standard InChI is InChI=1S/C26H21F4NO4/c1-2-33-25(32)24-17-10-14-11-22(31-12-18(14)23(17)24)34-13-15-9-16(7-8-20(15)27)35-21-6-4-3-5-19(21)26(28,29)30/h3-9,11-12,17,23-24H,2,10,13H2,1H3/t17-,23-,24+/m1/s1. The molecule has 0 unspecified atom stereocenters. The summed E-state index contributed by atoms with van der Waals surface area (Å²) in [6.45, 7) is 1.94. The number of alkyl halides is 3. The quantitative estimate of drug-likeness (QED) is 0.300. The highest BCUT2D eigenvalue weighted by Gasteiger charge is 2.60. The number of rotatable bonds is 7. The molecule has 9 heteroatoms. The number of para-hydroxylation sites is 1. The van der Waals surface area contributed by atoms with E-state index < -0.39 is 17.6 Å². The van der Waals surface area contributed by atoms with Crippen LogP contribution in [0.2, 0.25) is 0 Å². The first kappa shape index (κ1) is 23.1. The summed E-state index contributed by atoms with van der Waals surface area (Å²) >= 11 is 0. The summed E-state index contributed by atoms with van der Waals surface area (Å²) in [6, 6.07) is 10.3. The molecule has 0 N–H and O–H groups in total. The number of pyridine rings is 1. The molecule has 2 aliphatic rings. The molecule has 35 heavy (non-hydrogen) atoms. The van der Waals surface area contributed by atoms with Crippen molar-refractivity contribution in [3.05, 3.63) is 82.8 Å². The van der Waals surface area contributed by atoms with Crippen LogP contribution in [0.4, 0.5) is 17.6 Å². The van der Waals surface area contributed by atoms with Crippen LogP contribution in [-0.2, 0) is 28.7 Å². The third-order valence-corrected chi connectivity index (χ3v) is 6.35. The number of carbonyl (C=O) groups excluding carboxylic acids is 1. The van der Waals surface area contributed by atoms with Crippen molar-refractivity contribution >= 4 is 5.97 Å². The minimum atomic E-state index is -4.58. The first-order valence-corrected chi connectivity index (χ1v) is 11.2. The van der Waals surface area contributed by atoms with Crippen molar-refractivity contribution in [1.29, 1.82) is 0 Å². The van der Waals surface area contributed by atoms with Gasteiger partial charge < -0.3 is 14.2 Å². The third kappa shape index (κ3) is 4.54. The number of aromatic nitrogens is 1. The molecule has 2 aromatic carbocycles. The molecule has 0 aliphatic heterocycles. The summed E-state index contributed by atoms with van der Waals surface area (Å²) < 4.78 is 70.3. The van der Waals surface area contributed by atoms with Gasteiger partial charge in [-0.25, -0.2) is 9.37 Å². The molecule has 3 atom stereocenters. The minimum Gasteiger partial charge on any atom is -0.473 e. The smallest absolute Gasteiger partial charge is 0.419 e. The molecule has 1 aromatic heterocycles. The number of hydrogen-bond donors (Lipinski definition) is 0. The number of esters is 1. The number of ether oxygens (including phenoxy) is 3. The average molecular weight is 487 g/mol. The van der Waals surface area contributed by atoms with E-state index in [2.05, 4.69) is 4.98 Å². The van der Waals surface area contributed by atoms with Gasteiger partial charge in [-0.2, -0.15) is 13.2 Å². The van der Waals surface area contributed by atoms with Crippen molar-refractivity contribution in [3.8, 4) is 17.4 Å². The monoisotopic (exact) mass is 487 g/mol. The molecule has 1 heterocycles. The lowest BCUT2D eigenvalue weighted by Crippen LogP contribution is -2.11. The van der Waals surface area contributed by atoms with Crippen LogP contribution in [0.15, 0.2) is 54.7 Å². The van der Waals surface area contributed by atoms with Crippen LogP contribution >= 0.6 is 0 Å². The van der Waals surface area contributed by atoms with Crippen LogP contribution in [-0.4, -0.2) is 17.6 Å². The lowest BCUT2D eigenvalue weighted by Gasteiger charge is -2.14. The Hall–Kier alpha value is -3.62. The largest absolute Gasteiger partial charge is 0.473 e. The normalized spacial score (nSPS) is 20.1. The maximum atomic E-state index is 14.4. The number of hydrogen-bond acceptors (Lipinski definition) is 5. The second-order valence-electron chi connectivity index (χ2n) is 8.53. The lowest BCUT2D eigenvalue weighted by molar-refractivity contribution is -0.145. The number of nitrogens with zero attached hydrogens (tertiary/aromatic N) is 1. The van der Waals surface area contributed by atoms with Gasteiger partial charge in [-0.15, -0.1) is 0 Å². The zero-order valence-electron chi connectivity index (χ0n) is 18.6. The number of carbonyl (C=O) groups is 1. The molecule has 2 aliphatic carbocycles. The highest BCUT2D eigenvalue weighted by molar-refractivity contribution is 5.79. The van der Waals surface area contributed by atoms with Gasteiger partial charge in [0.15, 0.2) is 0 Å². The fourth-order valence-corrected chi connectivity index (χ4v) is 4.70. The van der Waals surface area contributed by atoms with E-state index in [9.17, 15) is 22.4 Å². The average Bonchev–Trinajstić information content (AvgIpc) is 3.41. The Kier molecular flexibility index (Phi) is 5.86. The van der Waals surface area contributed by atoms with Crippen molar-refractivity contribution in [2.75, 3.05) is 6.61 Å². The molecule has 0 spiro atoms.